The second-order valence-electron chi connectivity index (χ2n) is 4.53. The Morgan fingerprint density at radius 3 is 2.84 bits per heavy atom. The summed E-state index contributed by atoms with van der Waals surface area (Å²) in [4.78, 5) is 22.2. The highest BCUT2D eigenvalue weighted by molar-refractivity contribution is 5.81. The van der Waals surface area contributed by atoms with Gasteiger partial charge in [-0.1, -0.05) is 12.1 Å². The monoisotopic (exact) mass is 261 g/mol. The third kappa shape index (κ3) is 3.00. The van der Waals surface area contributed by atoms with Gasteiger partial charge in [0.1, 0.15) is 11.6 Å². The van der Waals surface area contributed by atoms with Gasteiger partial charge in [-0.05, 0) is 31.0 Å². The van der Waals surface area contributed by atoms with Gasteiger partial charge in [0, 0.05) is 18.0 Å². The molecule has 0 spiro atoms. The van der Waals surface area contributed by atoms with Crippen molar-refractivity contribution in [3.63, 3.8) is 0 Å². The molecule has 1 unspecified atom stereocenters. The molecule has 5 heteroatoms. The van der Waals surface area contributed by atoms with Crippen molar-refractivity contribution in [2.45, 2.75) is 26.4 Å². The van der Waals surface area contributed by atoms with Crippen LogP contribution in [0.3, 0.4) is 0 Å². The number of hydrogen-bond donors (Lipinski definition) is 2. The Labute approximate surface area is 109 Å². The van der Waals surface area contributed by atoms with E-state index in [1.165, 1.54) is 6.07 Å². The summed E-state index contributed by atoms with van der Waals surface area (Å²) in [7, 11) is 0. The van der Waals surface area contributed by atoms with Gasteiger partial charge in [0.25, 0.3) is 0 Å². The first-order valence-electron chi connectivity index (χ1n) is 5.97. The zero-order valence-corrected chi connectivity index (χ0v) is 10.8. The second kappa shape index (κ2) is 5.24. The smallest absolute Gasteiger partial charge is 0.336 e. The molecule has 0 saturated carbocycles. The predicted octanol–water partition coefficient (Wildman–Crippen LogP) is 1.66. The van der Waals surface area contributed by atoms with E-state index >= 15 is 0 Å². The molecule has 1 aromatic heterocycles. The molecule has 0 radical (unpaired) electrons. The molecule has 2 N–H and O–H groups in total. The Balaban J connectivity index is 2.37. The molecule has 100 valence electrons. The minimum absolute atomic E-state index is 0.304. The molecule has 5 nitrogen and oxygen atoms in total. The lowest BCUT2D eigenvalue weighted by atomic mass is 10.1. The lowest BCUT2D eigenvalue weighted by molar-refractivity contribution is -0.139. The van der Waals surface area contributed by atoms with Crippen LogP contribution in [0.2, 0.25) is 0 Å². The lowest BCUT2D eigenvalue weighted by Gasteiger charge is -2.10. The summed E-state index contributed by atoms with van der Waals surface area (Å²) in [5, 5.41) is 12.5. The van der Waals surface area contributed by atoms with Crippen molar-refractivity contribution in [2.24, 2.45) is 0 Å². The van der Waals surface area contributed by atoms with E-state index in [1.807, 2.05) is 19.1 Å². The van der Waals surface area contributed by atoms with E-state index in [0.717, 1.165) is 16.5 Å². The zero-order valence-electron chi connectivity index (χ0n) is 10.8. The molecular formula is C14H15NO4. The highest BCUT2D eigenvalue weighted by Crippen LogP contribution is 2.18. The number of benzene rings is 1. The maximum absolute atomic E-state index is 11.5. The van der Waals surface area contributed by atoms with Gasteiger partial charge < -0.3 is 14.8 Å². The van der Waals surface area contributed by atoms with Crippen LogP contribution >= 0.6 is 0 Å². The molecule has 2 aromatic rings. The first-order chi connectivity index (χ1) is 8.97. The van der Waals surface area contributed by atoms with Gasteiger partial charge in [-0.2, -0.15) is 0 Å². The Morgan fingerprint density at radius 2 is 2.16 bits per heavy atom. The largest absolute Gasteiger partial charge is 0.480 e. The van der Waals surface area contributed by atoms with E-state index in [1.54, 1.807) is 13.0 Å². The van der Waals surface area contributed by atoms with Crippen LogP contribution in [0.25, 0.3) is 11.0 Å². The summed E-state index contributed by atoms with van der Waals surface area (Å²) in [6.07, 6.45) is 0. The minimum atomic E-state index is -0.928. The molecule has 0 aliphatic carbocycles. The van der Waals surface area contributed by atoms with Crippen molar-refractivity contribution in [3.8, 4) is 0 Å². The van der Waals surface area contributed by atoms with Crippen LogP contribution in [-0.4, -0.2) is 17.1 Å². The SMILES string of the molecule is Cc1ccc2c(CNC(C)C(=O)O)cc(=O)oc2c1. The average Bonchev–Trinajstić information content (AvgIpc) is 2.34. The van der Waals surface area contributed by atoms with Crippen molar-refractivity contribution in [1.29, 1.82) is 0 Å². The lowest BCUT2D eigenvalue weighted by Crippen LogP contribution is -2.33. The van der Waals surface area contributed by atoms with Gasteiger partial charge >= 0.3 is 11.6 Å². The Hall–Kier alpha value is -2.14. The summed E-state index contributed by atoms with van der Waals surface area (Å²) in [6, 6.07) is 6.30. The van der Waals surface area contributed by atoms with E-state index < -0.39 is 17.6 Å². The van der Waals surface area contributed by atoms with Crippen LogP contribution in [0, 0.1) is 6.92 Å². The summed E-state index contributed by atoms with van der Waals surface area (Å²) in [5.41, 5.74) is 1.82. The normalized spacial score (nSPS) is 12.5. The number of fused-ring (bicyclic) bond motifs is 1. The number of aliphatic carboxylic acids is 1. The second-order valence-corrected chi connectivity index (χ2v) is 4.53. The molecule has 0 fully saturated rings. The molecule has 1 atom stereocenters. The molecule has 0 aliphatic heterocycles. The minimum Gasteiger partial charge on any atom is -0.480 e. The van der Waals surface area contributed by atoms with Gasteiger partial charge in [0.05, 0.1) is 0 Å². The van der Waals surface area contributed by atoms with Crippen LogP contribution in [0.5, 0.6) is 0 Å². The molecule has 1 aromatic carbocycles. The number of rotatable bonds is 4. The maximum atomic E-state index is 11.5. The van der Waals surface area contributed by atoms with Crippen molar-refractivity contribution in [2.75, 3.05) is 0 Å². The predicted molar refractivity (Wildman–Crippen MR) is 71.2 cm³/mol. The fourth-order valence-corrected chi connectivity index (χ4v) is 1.83. The van der Waals surface area contributed by atoms with Crippen LogP contribution in [-0.2, 0) is 11.3 Å². The van der Waals surface area contributed by atoms with Crippen molar-refractivity contribution in [1.82, 2.24) is 5.32 Å². The van der Waals surface area contributed by atoms with Gasteiger partial charge in [0.2, 0.25) is 0 Å². The fraction of sp³-hybridized carbons (Fsp3) is 0.286. The van der Waals surface area contributed by atoms with Crippen LogP contribution in [0.15, 0.2) is 33.5 Å². The van der Waals surface area contributed by atoms with Gasteiger partial charge in [-0.3, -0.25) is 4.79 Å². The first kappa shape index (κ1) is 13.3. The summed E-state index contributed by atoms with van der Waals surface area (Å²) < 4.78 is 5.14. The fourth-order valence-electron chi connectivity index (χ4n) is 1.83. The quantitative estimate of drug-likeness (QED) is 0.818. The van der Waals surface area contributed by atoms with Crippen molar-refractivity contribution < 1.29 is 14.3 Å². The highest BCUT2D eigenvalue weighted by atomic mass is 16.4. The molecule has 2 rings (SSSR count). The Kier molecular flexibility index (Phi) is 3.66. The molecular weight excluding hydrogens is 246 g/mol. The standard InChI is InChI=1S/C14H15NO4/c1-8-3-4-11-10(7-15-9(2)14(17)18)6-13(16)19-12(11)5-8/h3-6,9,15H,7H2,1-2H3,(H,17,18). The molecule has 19 heavy (non-hydrogen) atoms. The van der Waals surface area contributed by atoms with Crippen molar-refractivity contribution >= 4 is 16.9 Å². The van der Waals surface area contributed by atoms with E-state index in [-0.39, 0.29) is 0 Å². The van der Waals surface area contributed by atoms with Gasteiger partial charge in [-0.25, -0.2) is 4.79 Å². The van der Waals surface area contributed by atoms with Crippen LogP contribution in [0.1, 0.15) is 18.1 Å². The van der Waals surface area contributed by atoms with Crippen LogP contribution in [0.4, 0.5) is 0 Å². The number of carboxylic acid groups (broad SMARTS) is 1. The summed E-state index contributed by atoms with van der Waals surface area (Å²) in [5.74, 6) is -0.928. The number of carbonyl (C=O) groups is 1. The number of carboxylic acids is 1. The topological polar surface area (TPSA) is 79.5 Å². The highest BCUT2D eigenvalue weighted by Gasteiger charge is 2.11. The number of nitrogens with one attached hydrogen (secondary N) is 1. The molecule has 0 aliphatic rings. The van der Waals surface area contributed by atoms with E-state index in [2.05, 4.69) is 5.32 Å². The third-order valence-corrected chi connectivity index (χ3v) is 2.95. The average molecular weight is 261 g/mol. The number of aryl methyl sites for hydroxylation is 1. The van der Waals surface area contributed by atoms with E-state index in [4.69, 9.17) is 9.52 Å². The molecule has 0 bridgehead atoms. The Morgan fingerprint density at radius 1 is 1.42 bits per heavy atom. The maximum Gasteiger partial charge on any atom is 0.336 e. The number of hydrogen-bond acceptors (Lipinski definition) is 4. The first-order valence-corrected chi connectivity index (χ1v) is 5.97. The van der Waals surface area contributed by atoms with Gasteiger partial charge in [0.15, 0.2) is 0 Å². The van der Waals surface area contributed by atoms with Gasteiger partial charge in [-0.15, -0.1) is 0 Å². The third-order valence-electron chi connectivity index (χ3n) is 2.95. The van der Waals surface area contributed by atoms with Crippen LogP contribution < -0.4 is 10.9 Å². The van der Waals surface area contributed by atoms with E-state index in [0.29, 0.717) is 12.1 Å². The molecule has 1 heterocycles. The molecule has 0 amide bonds. The zero-order chi connectivity index (χ0) is 14.0. The summed E-state index contributed by atoms with van der Waals surface area (Å²) in [6.45, 7) is 3.77. The summed E-state index contributed by atoms with van der Waals surface area (Å²) >= 11 is 0. The van der Waals surface area contributed by atoms with E-state index in [9.17, 15) is 9.59 Å². The Bertz CT molecular complexity index is 675. The van der Waals surface area contributed by atoms with Crippen molar-refractivity contribution in [3.05, 3.63) is 45.8 Å². The molecule has 0 saturated heterocycles.